The number of aromatic nitrogens is 2. The molecule has 1 unspecified atom stereocenters. The maximum Gasteiger partial charge on any atom is 0.261 e. The topological polar surface area (TPSA) is 55.2 Å². The molecular formula is C21H21Cl2N3O2. The second-order valence-electron chi connectivity index (χ2n) is 6.46. The van der Waals surface area contributed by atoms with E-state index in [-0.39, 0.29) is 5.56 Å². The Bertz CT molecular complexity index is 1030. The fraction of sp³-hybridized carbons (Fsp3) is 0.286. The lowest BCUT2D eigenvalue weighted by molar-refractivity contribution is -0.131. The Balaban J connectivity index is 2.17. The highest BCUT2D eigenvalue weighted by molar-refractivity contribution is 6.53. The molecule has 28 heavy (non-hydrogen) atoms. The molecule has 7 heteroatoms. The van der Waals surface area contributed by atoms with Crippen LogP contribution in [-0.2, 0) is 11.3 Å². The summed E-state index contributed by atoms with van der Waals surface area (Å²) in [5, 5.41) is 0.538. The van der Waals surface area contributed by atoms with Crippen molar-refractivity contribution in [3.63, 3.8) is 0 Å². The lowest BCUT2D eigenvalue weighted by Crippen LogP contribution is -2.40. The molecule has 0 aliphatic rings. The highest BCUT2D eigenvalue weighted by Gasteiger charge is 2.28. The summed E-state index contributed by atoms with van der Waals surface area (Å²) < 4.78 is 1.62. The van der Waals surface area contributed by atoms with Crippen molar-refractivity contribution in [1.29, 1.82) is 0 Å². The number of para-hydroxylation sites is 1. The third kappa shape index (κ3) is 4.05. The van der Waals surface area contributed by atoms with E-state index in [4.69, 9.17) is 28.2 Å². The largest absolute Gasteiger partial charge is 0.331 e. The second kappa shape index (κ2) is 8.76. The second-order valence-corrected chi connectivity index (χ2v) is 7.56. The van der Waals surface area contributed by atoms with Gasteiger partial charge in [0.1, 0.15) is 5.82 Å². The average molecular weight is 418 g/mol. The molecule has 0 radical (unpaired) electrons. The van der Waals surface area contributed by atoms with Crippen molar-refractivity contribution in [3.8, 4) is 0 Å². The number of rotatable bonds is 6. The first-order chi connectivity index (χ1) is 13.4. The van der Waals surface area contributed by atoms with Crippen LogP contribution in [0.15, 0.2) is 59.4 Å². The number of amides is 1. The minimum atomic E-state index is -1.17. The van der Waals surface area contributed by atoms with Crippen LogP contribution in [0.25, 0.3) is 10.9 Å². The van der Waals surface area contributed by atoms with Crippen molar-refractivity contribution in [2.24, 2.45) is 0 Å². The van der Waals surface area contributed by atoms with Crippen LogP contribution in [0, 0.1) is 0 Å². The normalized spacial score (nSPS) is 12.3. The molecule has 0 bridgehead atoms. The van der Waals surface area contributed by atoms with E-state index in [0.29, 0.717) is 29.8 Å². The fourth-order valence-corrected chi connectivity index (χ4v) is 3.56. The summed E-state index contributed by atoms with van der Waals surface area (Å²) in [6.07, 6.45) is 0. The van der Waals surface area contributed by atoms with Crippen LogP contribution in [-0.4, -0.2) is 31.7 Å². The van der Waals surface area contributed by atoms with Crippen LogP contribution in [0.3, 0.4) is 0 Å². The lowest BCUT2D eigenvalue weighted by atomic mass is 10.1. The quantitative estimate of drug-likeness (QED) is 0.565. The van der Waals surface area contributed by atoms with Gasteiger partial charge in [-0.2, -0.15) is 0 Å². The maximum atomic E-state index is 13.2. The summed E-state index contributed by atoms with van der Waals surface area (Å²) in [6.45, 7) is 4.42. The first kappa shape index (κ1) is 20.4. The number of halogens is 2. The zero-order valence-corrected chi connectivity index (χ0v) is 17.2. The maximum absolute atomic E-state index is 13.2. The summed E-state index contributed by atoms with van der Waals surface area (Å²) in [6, 6.07) is 16.4. The number of benzene rings is 2. The molecule has 2 aromatic carbocycles. The highest BCUT2D eigenvalue weighted by atomic mass is 35.5. The predicted octanol–water partition coefficient (Wildman–Crippen LogP) is 4.16. The first-order valence-corrected chi connectivity index (χ1v) is 9.93. The number of alkyl halides is 2. The van der Waals surface area contributed by atoms with Gasteiger partial charge >= 0.3 is 0 Å². The van der Waals surface area contributed by atoms with Crippen molar-refractivity contribution in [2.45, 2.75) is 31.3 Å². The predicted molar refractivity (Wildman–Crippen MR) is 113 cm³/mol. The van der Waals surface area contributed by atoms with Crippen molar-refractivity contribution in [3.05, 3.63) is 76.3 Å². The van der Waals surface area contributed by atoms with Crippen LogP contribution >= 0.6 is 23.2 Å². The SMILES string of the molecule is CCN(C(=O)C(Cl)Cl)C(C)c1nc2ccccc2c(=O)n1Cc1ccccc1. The van der Waals surface area contributed by atoms with E-state index in [1.807, 2.05) is 56.3 Å². The molecule has 1 aromatic heterocycles. The zero-order chi connectivity index (χ0) is 20.3. The van der Waals surface area contributed by atoms with Crippen molar-refractivity contribution >= 4 is 40.0 Å². The number of carbonyl (C=O) groups is 1. The van der Waals surface area contributed by atoms with E-state index in [1.165, 1.54) is 4.90 Å². The molecule has 146 valence electrons. The van der Waals surface area contributed by atoms with Gasteiger partial charge in [0.2, 0.25) is 0 Å². The molecule has 0 fully saturated rings. The van der Waals surface area contributed by atoms with Crippen LogP contribution in [0.2, 0.25) is 0 Å². The van der Waals surface area contributed by atoms with Gasteiger partial charge in [-0.25, -0.2) is 4.98 Å². The third-order valence-electron chi connectivity index (χ3n) is 4.73. The zero-order valence-electron chi connectivity index (χ0n) is 15.7. The van der Waals surface area contributed by atoms with E-state index >= 15 is 0 Å². The van der Waals surface area contributed by atoms with Gasteiger partial charge < -0.3 is 4.90 Å². The number of carbonyl (C=O) groups excluding carboxylic acids is 1. The van der Waals surface area contributed by atoms with Gasteiger partial charge in [-0.05, 0) is 31.5 Å². The van der Waals surface area contributed by atoms with E-state index in [2.05, 4.69) is 0 Å². The van der Waals surface area contributed by atoms with Crippen molar-refractivity contribution < 1.29 is 4.79 Å². The molecule has 0 saturated carbocycles. The minimum absolute atomic E-state index is 0.145. The fourth-order valence-electron chi connectivity index (χ4n) is 3.31. The average Bonchev–Trinajstić information content (AvgIpc) is 2.71. The van der Waals surface area contributed by atoms with Gasteiger partial charge in [0.15, 0.2) is 4.84 Å². The van der Waals surface area contributed by atoms with Crippen molar-refractivity contribution in [1.82, 2.24) is 14.5 Å². The van der Waals surface area contributed by atoms with Gasteiger partial charge in [0.05, 0.1) is 23.5 Å². The van der Waals surface area contributed by atoms with E-state index in [1.54, 1.807) is 16.7 Å². The molecule has 3 aromatic rings. The first-order valence-electron chi connectivity index (χ1n) is 9.06. The summed E-state index contributed by atoms with van der Waals surface area (Å²) in [4.78, 5) is 30.8. The Labute approximate surface area is 173 Å². The van der Waals surface area contributed by atoms with Gasteiger partial charge in [-0.3, -0.25) is 14.2 Å². The number of hydrogen-bond acceptors (Lipinski definition) is 3. The molecule has 1 amide bonds. The Hall–Kier alpha value is -2.37. The minimum Gasteiger partial charge on any atom is -0.331 e. The molecule has 1 atom stereocenters. The molecule has 3 rings (SSSR count). The summed E-state index contributed by atoms with van der Waals surface area (Å²) in [5.41, 5.74) is 1.42. The Morgan fingerprint density at radius 1 is 1.11 bits per heavy atom. The summed E-state index contributed by atoms with van der Waals surface area (Å²) >= 11 is 11.6. The van der Waals surface area contributed by atoms with Crippen LogP contribution in [0.4, 0.5) is 0 Å². The summed E-state index contributed by atoms with van der Waals surface area (Å²) in [5.74, 6) is 0.0868. The van der Waals surface area contributed by atoms with Crippen molar-refractivity contribution in [2.75, 3.05) is 6.54 Å². The van der Waals surface area contributed by atoms with Crippen LogP contribution < -0.4 is 5.56 Å². The van der Waals surface area contributed by atoms with E-state index < -0.39 is 16.8 Å². The number of nitrogens with zero attached hydrogens (tertiary/aromatic N) is 3. The highest BCUT2D eigenvalue weighted by Crippen LogP contribution is 2.23. The molecule has 0 spiro atoms. The monoisotopic (exact) mass is 417 g/mol. The van der Waals surface area contributed by atoms with Gasteiger partial charge in [-0.15, -0.1) is 0 Å². The molecule has 5 nitrogen and oxygen atoms in total. The molecule has 0 saturated heterocycles. The molecule has 0 N–H and O–H groups in total. The standard InChI is InChI=1S/C21H21Cl2N3O2/c1-3-25(21(28)18(22)23)14(2)19-24-17-12-8-7-11-16(17)20(27)26(19)13-15-9-5-4-6-10-15/h4-12,14,18H,3,13H2,1-2H3. The molecule has 1 heterocycles. The van der Waals surface area contributed by atoms with Gasteiger partial charge in [0, 0.05) is 6.54 Å². The lowest BCUT2D eigenvalue weighted by Gasteiger charge is -2.30. The molecule has 0 aliphatic carbocycles. The summed E-state index contributed by atoms with van der Waals surface area (Å²) in [7, 11) is 0. The molecule has 0 aliphatic heterocycles. The third-order valence-corrected chi connectivity index (χ3v) is 5.10. The Morgan fingerprint density at radius 3 is 2.39 bits per heavy atom. The van der Waals surface area contributed by atoms with E-state index in [9.17, 15) is 9.59 Å². The van der Waals surface area contributed by atoms with Gasteiger partial charge in [0.25, 0.3) is 11.5 Å². The Kier molecular flexibility index (Phi) is 6.37. The smallest absolute Gasteiger partial charge is 0.261 e. The van der Waals surface area contributed by atoms with E-state index in [0.717, 1.165) is 5.56 Å². The van der Waals surface area contributed by atoms with Crippen LogP contribution in [0.1, 0.15) is 31.3 Å². The molecular weight excluding hydrogens is 397 g/mol. The van der Waals surface area contributed by atoms with Crippen LogP contribution in [0.5, 0.6) is 0 Å². The number of fused-ring (bicyclic) bond motifs is 1. The Morgan fingerprint density at radius 2 is 1.75 bits per heavy atom. The number of hydrogen-bond donors (Lipinski definition) is 0. The van der Waals surface area contributed by atoms with Gasteiger partial charge in [-0.1, -0.05) is 65.7 Å².